The fourth-order valence-electron chi connectivity index (χ4n) is 5.60. The van der Waals surface area contributed by atoms with E-state index in [1.54, 1.807) is 6.20 Å². The zero-order chi connectivity index (χ0) is 14.2. The molecule has 0 N–H and O–H groups in total. The smallest absolute Gasteiger partial charge is 0.184 e. The van der Waals surface area contributed by atoms with Gasteiger partial charge in [0, 0.05) is 12.1 Å². The Morgan fingerprint density at radius 1 is 0.952 bits per heavy atom. The highest BCUT2D eigenvalue weighted by molar-refractivity contribution is 5.96. The second-order valence-corrected chi connectivity index (χ2v) is 7.41. The van der Waals surface area contributed by atoms with Crippen molar-refractivity contribution in [3.8, 4) is 0 Å². The molecule has 3 saturated carbocycles. The topological polar surface area (TPSA) is 30.0 Å². The van der Waals surface area contributed by atoms with Crippen molar-refractivity contribution in [1.29, 1.82) is 0 Å². The van der Waals surface area contributed by atoms with Crippen molar-refractivity contribution in [3.05, 3.63) is 30.1 Å². The third kappa shape index (κ3) is 2.33. The summed E-state index contributed by atoms with van der Waals surface area (Å²) in [5.74, 6) is 3.58. The molecule has 0 spiro atoms. The number of fused-ring (bicyclic) bond motifs is 2. The van der Waals surface area contributed by atoms with E-state index in [0.717, 1.165) is 11.8 Å². The van der Waals surface area contributed by atoms with Crippen LogP contribution in [0.15, 0.2) is 24.4 Å². The van der Waals surface area contributed by atoms with Gasteiger partial charge in [0.05, 0.1) is 0 Å². The summed E-state index contributed by atoms with van der Waals surface area (Å²) in [5.41, 5.74) is 0.704. The normalized spacial score (nSPS) is 36.0. The number of carbonyl (C=O) groups excluding carboxylic acids is 1. The van der Waals surface area contributed by atoms with E-state index in [1.807, 2.05) is 18.2 Å². The SMILES string of the molecule is O=C(c1ccccn1)[C@@H]1[C@@H]2CC[C@@H](C2)[C@H]1C1CCCCC1. The number of hydrogen-bond acceptors (Lipinski definition) is 2. The van der Waals surface area contributed by atoms with Gasteiger partial charge >= 0.3 is 0 Å². The van der Waals surface area contributed by atoms with Crippen LogP contribution in [0.5, 0.6) is 0 Å². The van der Waals surface area contributed by atoms with Crippen molar-refractivity contribution in [3.63, 3.8) is 0 Å². The summed E-state index contributed by atoms with van der Waals surface area (Å²) in [6.07, 6.45) is 12.6. The van der Waals surface area contributed by atoms with Crippen molar-refractivity contribution in [2.45, 2.75) is 51.4 Å². The van der Waals surface area contributed by atoms with Gasteiger partial charge in [0.25, 0.3) is 0 Å². The monoisotopic (exact) mass is 283 g/mol. The second kappa shape index (κ2) is 5.55. The zero-order valence-corrected chi connectivity index (χ0v) is 12.7. The molecule has 4 rings (SSSR count). The lowest BCUT2D eigenvalue weighted by molar-refractivity contribution is 0.0679. The Balaban J connectivity index is 1.61. The third-order valence-corrected chi connectivity index (χ3v) is 6.39. The molecule has 1 heterocycles. The van der Waals surface area contributed by atoms with Crippen LogP contribution in [0, 0.1) is 29.6 Å². The average Bonchev–Trinajstić information content (AvgIpc) is 3.17. The molecule has 3 aliphatic carbocycles. The fraction of sp³-hybridized carbons (Fsp3) is 0.684. The van der Waals surface area contributed by atoms with Crippen molar-refractivity contribution >= 4 is 5.78 Å². The zero-order valence-electron chi connectivity index (χ0n) is 12.7. The molecule has 21 heavy (non-hydrogen) atoms. The van der Waals surface area contributed by atoms with Gasteiger partial charge < -0.3 is 0 Å². The predicted molar refractivity (Wildman–Crippen MR) is 83.0 cm³/mol. The van der Waals surface area contributed by atoms with Gasteiger partial charge in [0.15, 0.2) is 5.78 Å². The first-order valence-electron chi connectivity index (χ1n) is 8.80. The summed E-state index contributed by atoms with van der Waals surface area (Å²) in [6, 6.07) is 5.76. The molecule has 3 fully saturated rings. The fourth-order valence-corrected chi connectivity index (χ4v) is 5.60. The maximum Gasteiger partial charge on any atom is 0.184 e. The van der Waals surface area contributed by atoms with Gasteiger partial charge in [0.2, 0.25) is 0 Å². The maximum atomic E-state index is 13.0. The van der Waals surface area contributed by atoms with Crippen molar-refractivity contribution in [2.75, 3.05) is 0 Å². The molecular formula is C19H25NO. The summed E-state index contributed by atoms with van der Waals surface area (Å²) in [5, 5.41) is 0. The summed E-state index contributed by atoms with van der Waals surface area (Å²) >= 11 is 0. The molecule has 0 amide bonds. The first kappa shape index (κ1) is 13.5. The quantitative estimate of drug-likeness (QED) is 0.764. The number of nitrogens with zero attached hydrogens (tertiary/aromatic N) is 1. The van der Waals surface area contributed by atoms with Crippen molar-refractivity contribution < 1.29 is 4.79 Å². The van der Waals surface area contributed by atoms with Crippen LogP contribution < -0.4 is 0 Å². The van der Waals surface area contributed by atoms with Crippen LogP contribution in [0.2, 0.25) is 0 Å². The predicted octanol–water partition coefficient (Wildman–Crippen LogP) is 4.51. The number of ketones is 1. The molecule has 3 aliphatic rings. The van der Waals surface area contributed by atoms with Gasteiger partial charge in [-0.25, -0.2) is 0 Å². The van der Waals surface area contributed by atoms with Crippen LogP contribution in [-0.4, -0.2) is 10.8 Å². The Morgan fingerprint density at radius 3 is 2.52 bits per heavy atom. The van der Waals surface area contributed by atoms with Crippen LogP contribution >= 0.6 is 0 Å². The van der Waals surface area contributed by atoms with Gasteiger partial charge in [0.1, 0.15) is 5.69 Å². The van der Waals surface area contributed by atoms with E-state index in [4.69, 9.17) is 0 Å². The molecular weight excluding hydrogens is 258 g/mol. The van der Waals surface area contributed by atoms with Crippen LogP contribution in [0.25, 0.3) is 0 Å². The highest BCUT2D eigenvalue weighted by Crippen LogP contribution is 2.57. The van der Waals surface area contributed by atoms with E-state index in [2.05, 4.69) is 4.98 Å². The van der Waals surface area contributed by atoms with E-state index >= 15 is 0 Å². The maximum absolute atomic E-state index is 13.0. The second-order valence-electron chi connectivity index (χ2n) is 7.41. The van der Waals surface area contributed by atoms with Crippen LogP contribution in [0.4, 0.5) is 0 Å². The van der Waals surface area contributed by atoms with E-state index in [9.17, 15) is 4.79 Å². The van der Waals surface area contributed by atoms with Crippen LogP contribution in [0.1, 0.15) is 61.9 Å². The van der Waals surface area contributed by atoms with E-state index in [1.165, 1.54) is 51.4 Å². The van der Waals surface area contributed by atoms with E-state index < -0.39 is 0 Å². The summed E-state index contributed by atoms with van der Waals surface area (Å²) in [4.78, 5) is 17.4. The number of aromatic nitrogens is 1. The molecule has 0 saturated heterocycles. The van der Waals surface area contributed by atoms with Crippen molar-refractivity contribution in [1.82, 2.24) is 4.98 Å². The Hall–Kier alpha value is -1.18. The average molecular weight is 283 g/mol. The number of pyridine rings is 1. The molecule has 1 aromatic heterocycles. The molecule has 0 unspecified atom stereocenters. The number of Topliss-reactive ketones (excluding diaryl/α,β-unsaturated/α-hetero) is 1. The van der Waals surface area contributed by atoms with Crippen molar-refractivity contribution in [2.24, 2.45) is 29.6 Å². The number of rotatable bonds is 3. The van der Waals surface area contributed by atoms with Crippen LogP contribution in [0.3, 0.4) is 0 Å². The van der Waals surface area contributed by atoms with Gasteiger partial charge in [-0.05, 0) is 55.1 Å². The molecule has 4 atom stereocenters. The van der Waals surface area contributed by atoms with E-state index in [-0.39, 0.29) is 5.92 Å². The van der Waals surface area contributed by atoms with Gasteiger partial charge in [-0.3, -0.25) is 9.78 Å². The molecule has 1 aromatic rings. The largest absolute Gasteiger partial charge is 0.292 e. The first-order chi connectivity index (χ1) is 10.3. The first-order valence-corrected chi connectivity index (χ1v) is 8.80. The lowest BCUT2D eigenvalue weighted by atomic mass is 9.66. The Bertz CT molecular complexity index is 506. The molecule has 2 heteroatoms. The summed E-state index contributed by atoms with van der Waals surface area (Å²) in [6.45, 7) is 0. The summed E-state index contributed by atoms with van der Waals surface area (Å²) < 4.78 is 0. The molecule has 2 nitrogen and oxygen atoms in total. The highest BCUT2D eigenvalue weighted by Gasteiger charge is 2.53. The number of carbonyl (C=O) groups is 1. The standard InChI is InChI=1S/C19H25NO/c21-19(16-8-4-5-11-20-16)18-15-10-9-14(12-15)17(18)13-6-2-1-3-7-13/h4-5,8,11,13-15,17-18H,1-3,6-7,9-10,12H2/t14-,15+,17+,18+/m0/s1. The molecule has 0 aromatic carbocycles. The molecule has 0 radical (unpaired) electrons. The third-order valence-electron chi connectivity index (χ3n) is 6.39. The van der Waals surface area contributed by atoms with Gasteiger partial charge in [-0.15, -0.1) is 0 Å². The Labute approximate surface area is 127 Å². The highest BCUT2D eigenvalue weighted by atomic mass is 16.1. The minimum absolute atomic E-state index is 0.279. The lowest BCUT2D eigenvalue weighted by Crippen LogP contribution is -2.35. The minimum Gasteiger partial charge on any atom is -0.292 e. The summed E-state index contributed by atoms with van der Waals surface area (Å²) in [7, 11) is 0. The molecule has 0 aliphatic heterocycles. The van der Waals surface area contributed by atoms with Crippen LogP contribution in [-0.2, 0) is 0 Å². The Kier molecular flexibility index (Phi) is 3.56. The van der Waals surface area contributed by atoms with E-state index in [0.29, 0.717) is 23.3 Å². The molecule has 112 valence electrons. The lowest BCUT2D eigenvalue weighted by Gasteiger charge is -2.38. The Morgan fingerprint density at radius 2 is 1.76 bits per heavy atom. The molecule has 2 bridgehead atoms. The van der Waals surface area contributed by atoms with Gasteiger partial charge in [-0.2, -0.15) is 0 Å². The van der Waals surface area contributed by atoms with Gasteiger partial charge in [-0.1, -0.05) is 38.2 Å². The minimum atomic E-state index is 0.279. The number of hydrogen-bond donors (Lipinski definition) is 0.